The number of hydrogen-bond acceptors (Lipinski definition) is 6. The second kappa shape index (κ2) is 51.3. The first kappa shape index (κ1) is 59.6. The summed E-state index contributed by atoms with van der Waals surface area (Å²) in [5.41, 5.74) is 0. The molecule has 0 fully saturated rings. The Morgan fingerprint density at radius 1 is 0.323 bits per heavy atom. The quantitative estimate of drug-likeness (QED) is 0.0262. The van der Waals surface area contributed by atoms with Gasteiger partial charge in [0.15, 0.2) is 6.10 Å². The molecule has 0 aromatic heterocycles. The topological polar surface area (TPSA) is 78.9 Å². The largest absolute Gasteiger partial charge is 0.462 e. The number of rotatable bonds is 49. The van der Waals surface area contributed by atoms with Gasteiger partial charge in [0.2, 0.25) is 0 Å². The molecular weight excluding hydrogens is 769 g/mol. The second-order valence-corrected chi connectivity index (χ2v) is 18.2. The van der Waals surface area contributed by atoms with Gasteiger partial charge in [-0.3, -0.25) is 14.4 Å². The highest BCUT2D eigenvalue weighted by Gasteiger charge is 2.19. The van der Waals surface area contributed by atoms with Gasteiger partial charge in [0.1, 0.15) is 13.2 Å². The highest BCUT2D eigenvalue weighted by molar-refractivity contribution is 5.71. The third kappa shape index (κ3) is 48.7. The van der Waals surface area contributed by atoms with Crippen LogP contribution < -0.4 is 0 Å². The molecule has 0 rings (SSSR count). The monoisotopic (exact) mass is 871 g/mol. The van der Waals surface area contributed by atoms with E-state index < -0.39 is 6.10 Å². The minimum Gasteiger partial charge on any atom is -0.462 e. The van der Waals surface area contributed by atoms with E-state index in [1.807, 2.05) is 0 Å². The first-order valence-corrected chi connectivity index (χ1v) is 27.0. The van der Waals surface area contributed by atoms with Gasteiger partial charge in [-0.25, -0.2) is 0 Å². The van der Waals surface area contributed by atoms with Crippen LogP contribution in [0.2, 0.25) is 0 Å². The predicted molar refractivity (Wildman–Crippen MR) is 266 cm³/mol. The number of allylic oxidation sites excluding steroid dienone is 6. The zero-order valence-corrected chi connectivity index (χ0v) is 41.4. The third-order valence-corrected chi connectivity index (χ3v) is 11.9. The summed E-state index contributed by atoms with van der Waals surface area (Å²) >= 11 is 0. The summed E-state index contributed by atoms with van der Waals surface area (Å²) < 4.78 is 16.8. The first-order valence-electron chi connectivity index (χ1n) is 27.0. The van der Waals surface area contributed by atoms with E-state index in [4.69, 9.17) is 14.2 Å². The van der Waals surface area contributed by atoms with Crippen LogP contribution in [0.4, 0.5) is 0 Å². The number of esters is 3. The Labute approximate surface area is 385 Å². The van der Waals surface area contributed by atoms with Crippen LogP contribution in [-0.4, -0.2) is 37.2 Å². The molecule has 362 valence electrons. The van der Waals surface area contributed by atoms with Crippen molar-refractivity contribution in [2.24, 2.45) is 0 Å². The molecule has 0 spiro atoms. The van der Waals surface area contributed by atoms with Crippen LogP contribution in [0.1, 0.15) is 284 Å². The standard InChI is InChI=1S/C56H102O6/c1-4-7-10-13-16-19-21-23-24-25-26-27-28-29-30-31-32-34-35-37-40-43-46-49-55(58)61-52-53(51-60-54(57)48-45-42-39-18-15-12-9-6-3)62-56(59)50-47-44-41-38-36-33-22-20-17-14-11-8-5-2/h21,23,25-26,28-29,53H,4-20,22,24,27,30-52H2,1-3H3/b23-21-,26-25-,29-28-. The van der Waals surface area contributed by atoms with E-state index in [0.717, 1.165) is 77.0 Å². The molecule has 0 aliphatic carbocycles. The van der Waals surface area contributed by atoms with Gasteiger partial charge in [-0.15, -0.1) is 0 Å². The van der Waals surface area contributed by atoms with Crippen LogP contribution in [-0.2, 0) is 28.6 Å². The molecule has 62 heavy (non-hydrogen) atoms. The van der Waals surface area contributed by atoms with Gasteiger partial charge in [0.05, 0.1) is 0 Å². The highest BCUT2D eigenvalue weighted by atomic mass is 16.6. The zero-order chi connectivity index (χ0) is 45.1. The Morgan fingerprint density at radius 2 is 0.581 bits per heavy atom. The third-order valence-electron chi connectivity index (χ3n) is 11.9. The Hall–Kier alpha value is -2.37. The Morgan fingerprint density at radius 3 is 0.903 bits per heavy atom. The van der Waals surface area contributed by atoms with Crippen molar-refractivity contribution in [2.75, 3.05) is 13.2 Å². The van der Waals surface area contributed by atoms with Crippen LogP contribution >= 0.6 is 0 Å². The Bertz CT molecular complexity index is 1050. The fourth-order valence-electron chi connectivity index (χ4n) is 7.80. The molecule has 6 heteroatoms. The van der Waals surface area contributed by atoms with Gasteiger partial charge in [-0.2, -0.15) is 0 Å². The summed E-state index contributed by atoms with van der Waals surface area (Å²) in [5.74, 6) is -0.871. The van der Waals surface area contributed by atoms with Crippen molar-refractivity contribution in [3.8, 4) is 0 Å². The molecule has 0 radical (unpaired) electrons. The maximum Gasteiger partial charge on any atom is 0.306 e. The van der Waals surface area contributed by atoms with Crippen molar-refractivity contribution in [2.45, 2.75) is 290 Å². The summed E-state index contributed by atoms with van der Waals surface area (Å²) in [6.45, 7) is 6.61. The Kier molecular flexibility index (Phi) is 49.3. The van der Waals surface area contributed by atoms with E-state index in [2.05, 4.69) is 57.2 Å². The van der Waals surface area contributed by atoms with Crippen LogP contribution in [0.15, 0.2) is 36.5 Å². The molecule has 6 nitrogen and oxygen atoms in total. The molecule has 0 N–H and O–H groups in total. The fourth-order valence-corrected chi connectivity index (χ4v) is 7.80. The SMILES string of the molecule is CCCCCCC/C=C\C/C=C\C/C=C\CCCCCCCCCCC(=O)OCC(COC(=O)CCCCCCCCCC)OC(=O)CCCCCCCCCCCCCCC. The molecular formula is C56H102O6. The molecule has 1 unspecified atom stereocenters. The number of carbonyl (C=O) groups is 3. The summed E-state index contributed by atoms with van der Waals surface area (Å²) in [6.07, 6.45) is 60.0. The minimum atomic E-state index is -0.768. The van der Waals surface area contributed by atoms with Gasteiger partial charge in [0.25, 0.3) is 0 Å². The molecule has 0 amide bonds. The van der Waals surface area contributed by atoms with Crippen LogP contribution in [0.3, 0.4) is 0 Å². The number of ether oxygens (including phenoxy) is 3. The first-order chi connectivity index (χ1) is 30.5. The van der Waals surface area contributed by atoms with Crippen molar-refractivity contribution in [1.29, 1.82) is 0 Å². The summed E-state index contributed by atoms with van der Waals surface area (Å²) in [5, 5.41) is 0. The average Bonchev–Trinajstić information content (AvgIpc) is 3.27. The highest BCUT2D eigenvalue weighted by Crippen LogP contribution is 2.16. The number of hydrogen-bond donors (Lipinski definition) is 0. The molecule has 0 heterocycles. The van der Waals surface area contributed by atoms with Gasteiger partial charge >= 0.3 is 17.9 Å². The van der Waals surface area contributed by atoms with Crippen LogP contribution in [0.5, 0.6) is 0 Å². The molecule has 0 saturated heterocycles. The van der Waals surface area contributed by atoms with Gasteiger partial charge in [0, 0.05) is 19.3 Å². The molecule has 1 atom stereocenters. The van der Waals surface area contributed by atoms with Crippen LogP contribution in [0, 0.1) is 0 Å². The average molecular weight is 871 g/mol. The summed E-state index contributed by atoms with van der Waals surface area (Å²) in [4.78, 5) is 37.9. The molecule has 0 aliphatic heterocycles. The van der Waals surface area contributed by atoms with Crippen molar-refractivity contribution in [3.05, 3.63) is 36.5 Å². The lowest BCUT2D eigenvalue weighted by molar-refractivity contribution is -0.167. The Balaban J connectivity index is 4.20. The van der Waals surface area contributed by atoms with E-state index in [1.165, 1.54) is 167 Å². The van der Waals surface area contributed by atoms with Gasteiger partial charge in [-0.05, 0) is 57.8 Å². The van der Waals surface area contributed by atoms with E-state index in [-0.39, 0.29) is 31.1 Å². The van der Waals surface area contributed by atoms with E-state index in [0.29, 0.717) is 19.3 Å². The van der Waals surface area contributed by atoms with Gasteiger partial charge < -0.3 is 14.2 Å². The second-order valence-electron chi connectivity index (χ2n) is 18.2. The smallest absolute Gasteiger partial charge is 0.306 e. The number of carbonyl (C=O) groups excluding carboxylic acids is 3. The maximum absolute atomic E-state index is 12.8. The van der Waals surface area contributed by atoms with Crippen molar-refractivity contribution in [3.63, 3.8) is 0 Å². The molecule has 0 bridgehead atoms. The predicted octanol–water partition coefficient (Wildman–Crippen LogP) is 17.7. The van der Waals surface area contributed by atoms with E-state index in [1.54, 1.807) is 0 Å². The minimum absolute atomic E-state index is 0.0709. The lowest BCUT2D eigenvalue weighted by atomic mass is 10.0. The zero-order valence-electron chi connectivity index (χ0n) is 41.4. The molecule has 0 aliphatic rings. The van der Waals surface area contributed by atoms with Gasteiger partial charge in [-0.1, -0.05) is 243 Å². The molecule has 0 aromatic carbocycles. The fraction of sp³-hybridized carbons (Fsp3) is 0.839. The number of unbranched alkanes of at least 4 members (excludes halogenated alkanes) is 32. The van der Waals surface area contributed by atoms with Crippen molar-refractivity contribution < 1.29 is 28.6 Å². The normalized spacial score (nSPS) is 12.2. The van der Waals surface area contributed by atoms with E-state index >= 15 is 0 Å². The molecule has 0 aromatic rings. The van der Waals surface area contributed by atoms with Crippen molar-refractivity contribution in [1.82, 2.24) is 0 Å². The van der Waals surface area contributed by atoms with Crippen LogP contribution in [0.25, 0.3) is 0 Å². The summed E-state index contributed by atoms with van der Waals surface area (Å²) in [7, 11) is 0. The van der Waals surface area contributed by atoms with Crippen molar-refractivity contribution >= 4 is 17.9 Å². The maximum atomic E-state index is 12.8. The summed E-state index contributed by atoms with van der Waals surface area (Å²) in [6, 6.07) is 0. The lowest BCUT2D eigenvalue weighted by Gasteiger charge is -2.18. The molecule has 0 saturated carbocycles. The van der Waals surface area contributed by atoms with E-state index in [9.17, 15) is 14.4 Å². The lowest BCUT2D eigenvalue weighted by Crippen LogP contribution is -2.30.